The Morgan fingerprint density at radius 2 is 1.78 bits per heavy atom. The Morgan fingerprint density at radius 3 is 2.39 bits per heavy atom. The van der Waals surface area contributed by atoms with Crippen molar-refractivity contribution in [3.05, 3.63) is 28.7 Å². The number of hydrogen-bond acceptors (Lipinski definition) is 3. The molecule has 0 aromatic heterocycles. The van der Waals surface area contributed by atoms with Gasteiger partial charge in [-0.2, -0.15) is 0 Å². The van der Waals surface area contributed by atoms with Crippen molar-refractivity contribution in [1.29, 1.82) is 0 Å². The van der Waals surface area contributed by atoms with Crippen molar-refractivity contribution < 1.29 is 14.3 Å². The van der Waals surface area contributed by atoms with Crippen molar-refractivity contribution in [1.82, 2.24) is 4.90 Å². The molecule has 2 amide bonds. The predicted octanol–water partition coefficient (Wildman–Crippen LogP) is 1.83. The van der Waals surface area contributed by atoms with E-state index in [9.17, 15) is 9.59 Å². The highest BCUT2D eigenvalue weighted by Gasteiger charge is 2.58. The fraction of sp³-hybridized carbons (Fsp3) is 0.385. The summed E-state index contributed by atoms with van der Waals surface area (Å²) in [6, 6.07) is 7.46. The molecule has 1 aromatic rings. The molecule has 1 saturated carbocycles. The molecular weight excluding hydrogens is 298 g/mol. The zero-order valence-corrected chi connectivity index (χ0v) is 11.2. The SMILES string of the molecule is O=C1C2CC2C(=O)N1CCOc1ccc(Br)cc1. The zero-order chi connectivity index (χ0) is 12.7. The van der Waals surface area contributed by atoms with Gasteiger partial charge in [0.1, 0.15) is 12.4 Å². The van der Waals surface area contributed by atoms with Gasteiger partial charge >= 0.3 is 0 Å². The number of halogens is 1. The second-order valence-electron chi connectivity index (χ2n) is 4.58. The minimum Gasteiger partial charge on any atom is -0.492 e. The van der Waals surface area contributed by atoms with E-state index < -0.39 is 0 Å². The van der Waals surface area contributed by atoms with E-state index in [0.717, 1.165) is 16.6 Å². The first-order valence-corrected chi connectivity index (χ1v) is 6.70. The molecular formula is C13H12BrNO3. The number of fused-ring (bicyclic) bond motifs is 1. The van der Waals surface area contributed by atoms with Crippen molar-refractivity contribution in [3.63, 3.8) is 0 Å². The quantitative estimate of drug-likeness (QED) is 0.797. The second kappa shape index (κ2) is 4.39. The maximum Gasteiger partial charge on any atom is 0.233 e. The molecule has 1 aliphatic heterocycles. The molecule has 0 radical (unpaired) electrons. The van der Waals surface area contributed by atoms with Crippen LogP contribution in [0.4, 0.5) is 0 Å². The highest BCUT2D eigenvalue weighted by molar-refractivity contribution is 9.10. The lowest BCUT2D eigenvalue weighted by atomic mass is 10.3. The third-order valence-electron chi connectivity index (χ3n) is 3.35. The highest BCUT2D eigenvalue weighted by Crippen LogP contribution is 2.46. The van der Waals surface area contributed by atoms with Gasteiger partial charge in [0, 0.05) is 4.47 Å². The number of carbonyl (C=O) groups excluding carboxylic acids is 2. The molecule has 2 aliphatic rings. The summed E-state index contributed by atoms with van der Waals surface area (Å²) in [7, 11) is 0. The van der Waals surface area contributed by atoms with Crippen molar-refractivity contribution in [2.75, 3.05) is 13.2 Å². The van der Waals surface area contributed by atoms with E-state index in [0.29, 0.717) is 13.2 Å². The minimum atomic E-state index is -0.0237. The minimum absolute atomic E-state index is 0.0230. The van der Waals surface area contributed by atoms with Crippen LogP contribution < -0.4 is 4.74 Å². The Hall–Kier alpha value is -1.36. The number of amides is 2. The maximum absolute atomic E-state index is 11.7. The monoisotopic (exact) mass is 309 g/mol. The standard InChI is InChI=1S/C13H12BrNO3/c14-8-1-3-9(4-2-8)18-6-5-15-12(16)10-7-11(10)13(15)17/h1-4,10-11H,5-7H2. The van der Waals surface area contributed by atoms with Gasteiger partial charge in [-0.05, 0) is 30.7 Å². The summed E-state index contributed by atoms with van der Waals surface area (Å²) < 4.78 is 6.49. The zero-order valence-electron chi connectivity index (χ0n) is 9.64. The number of benzene rings is 1. The number of carbonyl (C=O) groups is 2. The van der Waals surface area contributed by atoms with Crippen LogP contribution in [0.5, 0.6) is 5.75 Å². The fourth-order valence-corrected chi connectivity index (χ4v) is 2.52. The summed E-state index contributed by atoms with van der Waals surface area (Å²) in [5, 5.41) is 0. The number of nitrogens with zero attached hydrogens (tertiary/aromatic N) is 1. The molecule has 1 aliphatic carbocycles. The van der Waals surface area contributed by atoms with Crippen molar-refractivity contribution in [2.24, 2.45) is 11.8 Å². The van der Waals surface area contributed by atoms with Gasteiger partial charge in [0.2, 0.25) is 11.8 Å². The van der Waals surface area contributed by atoms with Crippen molar-refractivity contribution in [3.8, 4) is 5.75 Å². The van der Waals surface area contributed by atoms with E-state index in [1.54, 1.807) is 0 Å². The van der Waals surface area contributed by atoms with Crippen molar-refractivity contribution in [2.45, 2.75) is 6.42 Å². The molecule has 2 fully saturated rings. The van der Waals surface area contributed by atoms with Crippen LogP contribution in [0.25, 0.3) is 0 Å². The summed E-state index contributed by atoms with van der Waals surface area (Å²) in [5.41, 5.74) is 0. The van der Waals surface area contributed by atoms with E-state index in [2.05, 4.69) is 15.9 Å². The number of likely N-dealkylation sites (tertiary alicyclic amines) is 1. The maximum atomic E-state index is 11.7. The van der Waals surface area contributed by atoms with Crippen LogP contribution in [-0.4, -0.2) is 29.9 Å². The molecule has 4 nitrogen and oxygen atoms in total. The smallest absolute Gasteiger partial charge is 0.233 e. The molecule has 1 heterocycles. The van der Waals surface area contributed by atoms with Gasteiger partial charge in [-0.3, -0.25) is 14.5 Å². The summed E-state index contributed by atoms with van der Waals surface area (Å²) in [6.45, 7) is 0.694. The van der Waals surface area contributed by atoms with E-state index >= 15 is 0 Å². The Kier molecular flexibility index (Phi) is 2.86. The van der Waals surface area contributed by atoms with Gasteiger partial charge in [-0.15, -0.1) is 0 Å². The molecule has 3 rings (SSSR count). The average Bonchev–Trinajstić information content (AvgIpc) is 3.11. The Morgan fingerprint density at radius 1 is 1.17 bits per heavy atom. The summed E-state index contributed by atoms with van der Waals surface area (Å²) >= 11 is 3.34. The van der Waals surface area contributed by atoms with Gasteiger partial charge in [-0.25, -0.2) is 0 Å². The molecule has 1 saturated heterocycles. The van der Waals surface area contributed by atoms with Crippen LogP contribution in [0.15, 0.2) is 28.7 Å². The Labute approximate surface area is 113 Å². The van der Waals surface area contributed by atoms with Gasteiger partial charge in [0.05, 0.1) is 18.4 Å². The lowest BCUT2D eigenvalue weighted by Crippen LogP contribution is -2.36. The number of hydrogen-bond donors (Lipinski definition) is 0. The van der Waals surface area contributed by atoms with Gasteiger partial charge in [0.25, 0.3) is 0 Å². The lowest BCUT2D eigenvalue weighted by molar-refractivity contribution is -0.141. The van der Waals surface area contributed by atoms with Crippen LogP contribution >= 0.6 is 15.9 Å². The van der Waals surface area contributed by atoms with Crippen molar-refractivity contribution >= 4 is 27.7 Å². The van der Waals surface area contributed by atoms with Crippen LogP contribution in [-0.2, 0) is 9.59 Å². The number of piperidine rings is 1. The first kappa shape index (κ1) is 11.7. The molecule has 2 atom stereocenters. The first-order valence-electron chi connectivity index (χ1n) is 5.90. The van der Waals surface area contributed by atoms with Crippen LogP contribution in [0.2, 0.25) is 0 Å². The third kappa shape index (κ3) is 2.03. The van der Waals surface area contributed by atoms with E-state index in [1.807, 2.05) is 24.3 Å². The molecule has 5 heteroatoms. The van der Waals surface area contributed by atoms with E-state index in [4.69, 9.17) is 4.74 Å². The molecule has 0 bridgehead atoms. The molecule has 94 valence electrons. The molecule has 2 unspecified atom stereocenters. The number of ether oxygens (including phenoxy) is 1. The summed E-state index contributed by atoms with van der Waals surface area (Å²) in [5.74, 6) is 0.645. The Bertz CT molecular complexity index is 479. The molecule has 1 aromatic carbocycles. The summed E-state index contributed by atoms with van der Waals surface area (Å²) in [6.07, 6.45) is 0.752. The highest BCUT2D eigenvalue weighted by atomic mass is 79.9. The second-order valence-corrected chi connectivity index (χ2v) is 5.49. The predicted molar refractivity (Wildman–Crippen MR) is 68.0 cm³/mol. The Balaban J connectivity index is 1.52. The average molecular weight is 310 g/mol. The number of rotatable bonds is 4. The van der Waals surface area contributed by atoms with Crippen LogP contribution in [0, 0.1) is 11.8 Å². The normalized spacial score (nSPS) is 25.3. The van der Waals surface area contributed by atoms with Gasteiger partial charge in [0.15, 0.2) is 0 Å². The molecule has 18 heavy (non-hydrogen) atoms. The molecule has 0 spiro atoms. The topological polar surface area (TPSA) is 46.6 Å². The van der Waals surface area contributed by atoms with Crippen LogP contribution in [0.3, 0.4) is 0 Å². The third-order valence-corrected chi connectivity index (χ3v) is 3.88. The summed E-state index contributed by atoms with van der Waals surface area (Å²) in [4.78, 5) is 24.7. The first-order chi connectivity index (χ1) is 8.66. The molecule has 0 N–H and O–H groups in total. The lowest BCUT2D eigenvalue weighted by Gasteiger charge is -2.16. The fourth-order valence-electron chi connectivity index (χ4n) is 2.26. The van der Waals surface area contributed by atoms with Gasteiger partial charge in [-0.1, -0.05) is 15.9 Å². The van der Waals surface area contributed by atoms with Crippen LogP contribution in [0.1, 0.15) is 6.42 Å². The van der Waals surface area contributed by atoms with E-state index in [1.165, 1.54) is 4.90 Å². The largest absolute Gasteiger partial charge is 0.492 e. The number of imide groups is 1. The van der Waals surface area contributed by atoms with Gasteiger partial charge < -0.3 is 4.74 Å². The van der Waals surface area contributed by atoms with E-state index in [-0.39, 0.29) is 23.7 Å².